The van der Waals surface area contributed by atoms with Crippen LogP contribution in [0.1, 0.15) is 44.2 Å². The van der Waals surface area contributed by atoms with Crippen LogP contribution in [0.15, 0.2) is 51.6 Å². The summed E-state index contributed by atoms with van der Waals surface area (Å²) in [6, 6.07) is 5.89. The normalized spacial score (nSPS) is 20.8. The summed E-state index contributed by atoms with van der Waals surface area (Å²) in [5.74, 6) is -1.05. The highest BCUT2D eigenvalue weighted by atomic mass is 32.2. The number of nitrogens with one attached hydrogen (secondary N) is 1. The third-order valence-electron chi connectivity index (χ3n) is 5.11. The Morgan fingerprint density at radius 3 is 2.76 bits per heavy atom. The lowest BCUT2D eigenvalue weighted by Gasteiger charge is -2.36. The van der Waals surface area contributed by atoms with E-state index in [1.54, 1.807) is 23.1 Å². The van der Waals surface area contributed by atoms with Crippen LogP contribution < -0.4 is 5.32 Å². The predicted molar refractivity (Wildman–Crippen MR) is 109 cm³/mol. The molecule has 0 saturated heterocycles. The van der Waals surface area contributed by atoms with Crippen LogP contribution in [0.3, 0.4) is 0 Å². The van der Waals surface area contributed by atoms with E-state index in [1.165, 1.54) is 24.9 Å². The third kappa shape index (κ3) is 3.81. The van der Waals surface area contributed by atoms with Gasteiger partial charge in [0.1, 0.15) is 5.82 Å². The highest BCUT2D eigenvalue weighted by molar-refractivity contribution is 8.16. The lowest BCUT2D eigenvalue weighted by Crippen LogP contribution is -2.38. The fourth-order valence-electron chi connectivity index (χ4n) is 3.57. The second kappa shape index (κ2) is 8.02. The van der Waals surface area contributed by atoms with E-state index in [1.807, 2.05) is 12.3 Å². The number of thioether (sulfide) groups is 1. The van der Waals surface area contributed by atoms with Crippen molar-refractivity contribution in [2.75, 3.05) is 7.11 Å². The Morgan fingerprint density at radius 2 is 2.10 bits per heavy atom. The summed E-state index contributed by atoms with van der Waals surface area (Å²) in [7, 11) is 1.30. The fraction of sp³-hybridized carbons (Fsp3) is 0.381. The Bertz CT molecular complexity index is 952. The number of fused-ring (bicyclic) bond motifs is 1. The number of rotatable bonds is 6. The second-order valence-electron chi connectivity index (χ2n) is 7.14. The molecule has 0 aromatic heterocycles. The van der Waals surface area contributed by atoms with Crippen LogP contribution in [0, 0.1) is 5.82 Å². The first-order chi connectivity index (χ1) is 14.0. The van der Waals surface area contributed by atoms with Crippen LogP contribution in [0.4, 0.5) is 4.39 Å². The molecule has 1 aromatic rings. The molecule has 2 aliphatic heterocycles. The smallest absolute Gasteiger partial charge is 0.338 e. The number of carbonyl (C=O) groups excluding carboxylic acids is 2. The molecule has 3 aliphatic rings. The summed E-state index contributed by atoms with van der Waals surface area (Å²) < 4.78 is 19.8. The zero-order valence-electron chi connectivity index (χ0n) is 16.3. The fourth-order valence-corrected chi connectivity index (χ4v) is 4.51. The number of methoxy groups -OCH3 is 1. The summed E-state index contributed by atoms with van der Waals surface area (Å²) in [5, 5.41) is 5.46. The van der Waals surface area contributed by atoms with Crippen LogP contribution in [0.5, 0.6) is 0 Å². The van der Waals surface area contributed by atoms with Crippen molar-refractivity contribution in [2.45, 2.75) is 44.7 Å². The number of allylic oxidation sites excluding steroid dienone is 1. The first-order valence-corrected chi connectivity index (χ1v) is 10.5. The molecule has 1 aromatic carbocycles. The highest BCUT2D eigenvalue weighted by Crippen LogP contribution is 2.45. The monoisotopic (exact) mass is 415 g/mol. The van der Waals surface area contributed by atoms with E-state index in [0.717, 1.165) is 12.8 Å². The van der Waals surface area contributed by atoms with Crippen LogP contribution in [-0.4, -0.2) is 35.1 Å². The standard InChI is InChI=1S/C21H22FN3O3S/c1-3-16-18(20(27)28-2)19(14-6-4-5-7-15(14)22)25-13(11-29-21(25)24-16)10-17(26)23-12-8-9-12/h4-7,11-12,19H,3,8-10H2,1-2H3,(H,23,26)/t19-/m1/s1. The minimum absolute atomic E-state index is 0.0854. The number of aliphatic imine (C=N–C) groups is 1. The summed E-state index contributed by atoms with van der Waals surface area (Å²) in [4.78, 5) is 31.5. The third-order valence-corrected chi connectivity index (χ3v) is 6.00. The van der Waals surface area contributed by atoms with Gasteiger partial charge in [-0.3, -0.25) is 4.79 Å². The molecule has 0 unspecified atom stereocenters. The minimum Gasteiger partial charge on any atom is -0.466 e. The topological polar surface area (TPSA) is 71.0 Å². The molecular weight excluding hydrogens is 393 g/mol. The van der Waals surface area contributed by atoms with Gasteiger partial charge in [0.15, 0.2) is 5.17 Å². The number of halogens is 1. The van der Waals surface area contributed by atoms with Gasteiger partial charge in [0.05, 0.1) is 30.8 Å². The maximum absolute atomic E-state index is 14.8. The molecule has 152 valence electrons. The second-order valence-corrected chi connectivity index (χ2v) is 7.98. The number of hydrogen-bond acceptors (Lipinski definition) is 6. The summed E-state index contributed by atoms with van der Waals surface area (Å²) >= 11 is 1.38. The van der Waals surface area contributed by atoms with Gasteiger partial charge in [-0.05, 0) is 30.7 Å². The number of ether oxygens (including phenoxy) is 1. The van der Waals surface area contributed by atoms with Crippen molar-refractivity contribution in [3.63, 3.8) is 0 Å². The van der Waals surface area contributed by atoms with Gasteiger partial charge in [-0.25, -0.2) is 14.2 Å². The van der Waals surface area contributed by atoms with Crippen LogP contribution in [0.2, 0.25) is 0 Å². The molecule has 1 saturated carbocycles. The largest absolute Gasteiger partial charge is 0.466 e. The number of esters is 1. The molecule has 1 aliphatic carbocycles. The molecule has 29 heavy (non-hydrogen) atoms. The average Bonchev–Trinajstić information content (AvgIpc) is 3.45. The van der Waals surface area contributed by atoms with Crippen molar-refractivity contribution in [2.24, 2.45) is 4.99 Å². The van der Waals surface area contributed by atoms with Gasteiger partial charge in [0, 0.05) is 17.3 Å². The first kappa shape index (κ1) is 19.7. The van der Waals surface area contributed by atoms with E-state index < -0.39 is 17.8 Å². The SMILES string of the molecule is CCC1=C(C(=O)OC)[C@@H](c2ccccc2F)N2C(CC(=O)NC3CC3)=CSC2=N1. The zero-order valence-corrected chi connectivity index (χ0v) is 17.1. The van der Waals surface area contributed by atoms with Crippen molar-refractivity contribution in [1.29, 1.82) is 0 Å². The number of amidine groups is 1. The van der Waals surface area contributed by atoms with Crippen molar-refractivity contribution >= 4 is 28.8 Å². The van der Waals surface area contributed by atoms with E-state index in [4.69, 9.17) is 4.74 Å². The highest BCUT2D eigenvalue weighted by Gasteiger charge is 2.42. The quantitative estimate of drug-likeness (QED) is 0.719. The lowest BCUT2D eigenvalue weighted by molar-refractivity contribution is -0.136. The lowest BCUT2D eigenvalue weighted by atomic mass is 9.92. The molecular formula is C21H22FN3O3S. The average molecular weight is 415 g/mol. The van der Waals surface area contributed by atoms with Gasteiger partial charge in [0.25, 0.3) is 0 Å². The number of nitrogens with zero attached hydrogens (tertiary/aromatic N) is 2. The Labute approximate surface area is 172 Å². The van der Waals surface area contributed by atoms with E-state index in [2.05, 4.69) is 10.3 Å². The Balaban J connectivity index is 1.76. The van der Waals surface area contributed by atoms with E-state index >= 15 is 0 Å². The van der Waals surface area contributed by atoms with Crippen molar-refractivity contribution in [3.05, 3.63) is 58.0 Å². The van der Waals surface area contributed by atoms with Crippen molar-refractivity contribution in [1.82, 2.24) is 10.2 Å². The molecule has 0 bridgehead atoms. The number of carbonyl (C=O) groups is 2. The molecule has 0 radical (unpaired) electrons. The molecule has 1 fully saturated rings. The molecule has 0 spiro atoms. The van der Waals surface area contributed by atoms with Gasteiger partial charge >= 0.3 is 5.97 Å². The first-order valence-electron chi connectivity index (χ1n) is 9.62. The molecule has 1 amide bonds. The van der Waals surface area contributed by atoms with Crippen molar-refractivity contribution in [3.8, 4) is 0 Å². The van der Waals surface area contributed by atoms with Gasteiger partial charge in [0.2, 0.25) is 5.91 Å². The van der Waals surface area contributed by atoms with Gasteiger partial charge in [-0.15, -0.1) is 0 Å². The molecule has 1 atom stereocenters. The van der Waals surface area contributed by atoms with Crippen LogP contribution >= 0.6 is 11.8 Å². The number of benzene rings is 1. The van der Waals surface area contributed by atoms with E-state index in [9.17, 15) is 14.0 Å². The number of hydrogen-bond donors (Lipinski definition) is 1. The molecule has 6 nitrogen and oxygen atoms in total. The van der Waals surface area contributed by atoms with Crippen molar-refractivity contribution < 1.29 is 18.7 Å². The minimum atomic E-state index is -0.735. The number of amides is 1. The van der Waals surface area contributed by atoms with Gasteiger partial charge < -0.3 is 15.0 Å². The maximum Gasteiger partial charge on any atom is 0.338 e. The molecule has 1 N–H and O–H groups in total. The van der Waals surface area contributed by atoms with E-state index in [-0.39, 0.29) is 18.4 Å². The summed E-state index contributed by atoms with van der Waals surface area (Å²) in [5.41, 5.74) is 1.92. The van der Waals surface area contributed by atoms with Crippen LogP contribution in [-0.2, 0) is 14.3 Å². The Hall–Kier alpha value is -2.61. The Kier molecular flexibility index (Phi) is 5.45. The van der Waals surface area contributed by atoms with Gasteiger partial charge in [-0.1, -0.05) is 36.9 Å². The Morgan fingerprint density at radius 1 is 1.34 bits per heavy atom. The predicted octanol–water partition coefficient (Wildman–Crippen LogP) is 3.63. The molecule has 8 heteroatoms. The molecule has 2 heterocycles. The zero-order chi connectivity index (χ0) is 20.5. The summed E-state index contributed by atoms with van der Waals surface area (Å²) in [6.45, 7) is 1.90. The molecule has 4 rings (SSSR count). The van der Waals surface area contributed by atoms with Crippen LogP contribution in [0.25, 0.3) is 0 Å². The van der Waals surface area contributed by atoms with E-state index in [0.29, 0.717) is 34.1 Å². The van der Waals surface area contributed by atoms with Gasteiger partial charge in [-0.2, -0.15) is 0 Å². The maximum atomic E-state index is 14.8. The summed E-state index contributed by atoms with van der Waals surface area (Å²) in [6.07, 6.45) is 2.65.